The second kappa shape index (κ2) is 6.14. The lowest BCUT2D eigenvalue weighted by Gasteiger charge is -2.09. The van der Waals surface area contributed by atoms with Crippen LogP contribution in [0.5, 0.6) is 0 Å². The lowest BCUT2D eigenvalue weighted by Crippen LogP contribution is -2.25. The Morgan fingerprint density at radius 2 is 2.16 bits per heavy atom. The fraction of sp³-hybridized carbons (Fsp3) is 0.300. The largest absolute Gasteiger partial charge is 0.476 e. The number of sulfonamides is 1. The van der Waals surface area contributed by atoms with Gasteiger partial charge in [0.1, 0.15) is 0 Å². The Kier molecular flexibility index (Phi) is 4.81. The van der Waals surface area contributed by atoms with Gasteiger partial charge in [-0.15, -0.1) is 0 Å². The summed E-state index contributed by atoms with van der Waals surface area (Å²) >= 11 is 0. The van der Waals surface area contributed by atoms with E-state index >= 15 is 0 Å². The average molecular weight is 288 g/mol. The number of rotatable bonds is 6. The normalized spacial score (nSPS) is 10.8. The summed E-state index contributed by atoms with van der Waals surface area (Å²) in [6.45, 7) is 1.60. The Hall–Kier alpha value is -2.16. The van der Waals surface area contributed by atoms with E-state index in [4.69, 9.17) is 5.11 Å². The summed E-state index contributed by atoms with van der Waals surface area (Å²) in [5.41, 5.74) is -0.658. The maximum atomic E-state index is 11.6. The van der Waals surface area contributed by atoms with Crippen molar-refractivity contribution in [2.24, 2.45) is 0 Å². The predicted octanol–water partition coefficient (Wildman–Crippen LogP) is 0.0846. The van der Waals surface area contributed by atoms with E-state index in [9.17, 15) is 18.0 Å². The smallest absolute Gasteiger partial charge is 0.356 e. The van der Waals surface area contributed by atoms with Crippen molar-refractivity contribution in [2.75, 3.05) is 17.1 Å². The molecule has 1 rings (SSSR count). The number of nitrogens with zero attached hydrogens (tertiary/aromatic N) is 1. The third-order valence-electron chi connectivity index (χ3n) is 1.89. The molecule has 1 aromatic heterocycles. The van der Waals surface area contributed by atoms with Crippen molar-refractivity contribution < 1.29 is 27.9 Å². The molecular formula is C10H12N2O6S. The SMILES string of the molecule is CCOC(=O)CS(=O)(=O)Nc1cccnc1C(=O)O. The Labute approximate surface area is 109 Å². The molecule has 0 aliphatic carbocycles. The van der Waals surface area contributed by atoms with Crippen LogP contribution in [-0.4, -0.2) is 42.8 Å². The predicted molar refractivity (Wildman–Crippen MR) is 65.2 cm³/mol. The van der Waals surface area contributed by atoms with E-state index in [-0.39, 0.29) is 12.3 Å². The molecule has 0 saturated carbocycles. The highest BCUT2D eigenvalue weighted by Gasteiger charge is 2.20. The van der Waals surface area contributed by atoms with Gasteiger partial charge in [0.25, 0.3) is 0 Å². The molecule has 0 aliphatic rings. The second-order valence-corrected chi connectivity index (χ2v) is 5.09. The third-order valence-corrected chi connectivity index (χ3v) is 3.04. The number of nitrogens with one attached hydrogen (secondary N) is 1. The maximum absolute atomic E-state index is 11.6. The van der Waals surface area contributed by atoms with Crippen molar-refractivity contribution in [3.63, 3.8) is 0 Å². The Morgan fingerprint density at radius 1 is 1.47 bits per heavy atom. The van der Waals surface area contributed by atoms with Gasteiger partial charge in [0.15, 0.2) is 11.4 Å². The van der Waals surface area contributed by atoms with Crippen molar-refractivity contribution >= 4 is 27.6 Å². The molecule has 1 aromatic rings. The molecule has 0 atom stereocenters. The summed E-state index contributed by atoms with van der Waals surface area (Å²) in [7, 11) is -4.04. The van der Waals surface area contributed by atoms with Crippen LogP contribution in [0.2, 0.25) is 0 Å². The maximum Gasteiger partial charge on any atom is 0.356 e. The summed E-state index contributed by atoms with van der Waals surface area (Å²) in [5.74, 6) is -3.19. The highest BCUT2D eigenvalue weighted by molar-refractivity contribution is 7.93. The van der Waals surface area contributed by atoms with Crippen molar-refractivity contribution in [1.82, 2.24) is 4.98 Å². The second-order valence-electron chi connectivity index (χ2n) is 3.37. The van der Waals surface area contributed by atoms with Crippen LogP contribution in [0.1, 0.15) is 17.4 Å². The van der Waals surface area contributed by atoms with Gasteiger partial charge < -0.3 is 9.84 Å². The summed E-state index contributed by atoms with van der Waals surface area (Å²) in [6, 6.07) is 2.60. The molecule has 104 valence electrons. The number of hydrogen-bond acceptors (Lipinski definition) is 6. The lowest BCUT2D eigenvalue weighted by atomic mass is 10.3. The third kappa shape index (κ3) is 4.54. The van der Waals surface area contributed by atoms with Crippen molar-refractivity contribution in [3.8, 4) is 0 Å². The van der Waals surface area contributed by atoms with Gasteiger partial charge in [0, 0.05) is 6.20 Å². The molecule has 0 radical (unpaired) electrons. The van der Waals surface area contributed by atoms with Crippen LogP contribution in [0.15, 0.2) is 18.3 Å². The molecule has 9 heteroatoms. The van der Waals surface area contributed by atoms with Crippen LogP contribution < -0.4 is 4.72 Å². The number of carboxylic acid groups (broad SMARTS) is 1. The van der Waals surface area contributed by atoms with Gasteiger partial charge in [-0.05, 0) is 19.1 Å². The summed E-state index contributed by atoms with van der Waals surface area (Å²) in [4.78, 5) is 25.5. The van der Waals surface area contributed by atoms with Gasteiger partial charge >= 0.3 is 11.9 Å². The van der Waals surface area contributed by atoms with Crippen molar-refractivity contribution in [3.05, 3.63) is 24.0 Å². The van der Waals surface area contributed by atoms with Crippen molar-refractivity contribution in [1.29, 1.82) is 0 Å². The first-order valence-corrected chi connectivity index (χ1v) is 6.85. The molecule has 2 N–H and O–H groups in total. The van der Waals surface area contributed by atoms with Gasteiger partial charge in [0.2, 0.25) is 10.0 Å². The van der Waals surface area contributed by atoms with Crippen LogP contribution in [0.25, 0.3) is 0 Å². The van der Waals surface area contributed by atoms with Gasteiger partial charge in [-0.25, -0.2) is 18.2 Å². The molecule has 0 aliphatic heterocycles. The Bertz CT molecular complexity index is 583. The zero-order chi connectivity index (χ0) is 14.5. The minimum atomic E-state index is -4.04. The van der Waals surface area contributed by atoms with E-state index < -0.39 is 33.4 Å². The molecule has 0 bridgehead atoms. The molecule has 0 amide bonds. The fourth-order valence-corrected chi connectivity index (χ4v) is 2.19. The molecule has 0 fully saturated rings. The van der Waals surface area contributed by atoms with E-state index in [0.29, 0.717) is 0 Å². The number of hydrogen-bond donors (Lipinski definition) is 2. The van der Waals surface area contributed by atoms with E-state index in [0.717, 1.165) is 0 Å². The number of carbonyl (C=O) groups is 2. The van der Waals surface area contributed by atoms with Gasteiger partial charge in [-0.1, -0.05) is 0 Å². The van der Waals surface area contributed by atoms with Gasteiger partial charge in [-0.2, -0.15) is 0 Å². The first-order valence-electron chi connectivity index (χ1n) is 5.20. The standard InChI is InChI=1S/C10H12N2O6S/c1-2-18-8(13)6-19(16,17)12-7-4-3-5-11-9(7)10(14)15/h3-5,12H,2,6H2,1H3,(H,14,15). The molecule has 19 heavy (non-hydrogen) atoms. The molecule has 0 saturated heterocycles. The zero-order valence-electron chi connectivity index (χ0n) is 9.99. The molecule has 0 unspecified atom stereocenters. The number of pyridine rings is 1. The minimum absolute atomic E-state index is 0.0572. The summed E-state index contributed by atoms with van der Waals surface area (Å²) < 4.78 is 29.7. The monoisotopic (exact) mass is 288 g/mol. The van der Waals surface area contributed by atoms with Crippen LogP contribution in [-0.2, 0) is 19.6 Å². The quantitative estimate of drug-likeness (QED) is 0.711. The molecule has 1 heterocycles. The molecule has 0 aromatic carbocycles. The minimum Gasteiger partial charge on any atom is -0.476 e. The first kappa shape index (κ1) is 14.9. The summed E-state index contributed by atoms with van der Waals surface area (Å²) in [6.07, 6.45) is 1.21. The number of carboxylic acids is 1. The topological polar surface area (TPSA) is 123 Å². The Balaban J connectivity index is 2.90. The zero-order valence-corrected chi connectivity index (χ0v) is 10.8. The van der Waals surface area contributed by atoms with E-state index in [1.54, 1.807) is 6.92 Å². The highest BCUT2D eigenvalue weighted by Crippen LogP contribution is 2.14. The lowest BCUT2D eigenvalue weighted by molar-refractivity contribution is -0.139. The first-order chi connectivity index (χ1) is 8.85. The van der Waals surface area contributed by atoms with Crippen LogP contribution in [0, 0.1) is 0 Å². The van der Waals surface area contributed by atoms with Gasteiger partial charge in [-0.3, -0.25) is 9.52 Å². The average Bonchev–Trinajstić information content (AvgIpc) is 2.28. The molecule has 8 nitrogen and oxygen atoms in total. The highest BCUT2D eigenvalue weighted by atomic mass is 32.2. The molecular weight excluding hydrogens is 276 g/mol. The van der Waals surface area contributed by atoms with E-state index in [1.165, 1.54) is 18.3 Å². The number of esters is 1. The van der Waals surface area contributed by atoms with Crippen molar-refractivity contribution in [2.45, 2.75) is 6.92 Å². The number of anilines is 1. The van der Waals surface area contributed by atoms with Gasteiger partial charge in [0.05, 0.1) is 12.3 Å². The van der Waals surface area contributed by atoms with Crippen LogP contribution in [0.4, 0.5) is 5.69 Å². The number of aromatic nitrogens is 1. The fourth-order valence-electron chi connectivity index (χ4n) is 1.22. The van der Waals surface area contributed by atoms with Crippen LogP contribution in [0.3, 0.4) is 0 Å². The molecule has 0 spiro atoms. The number of carbonyl (C=O) groups excluding carboxylic acids is 1. The summed E-state index contributed by atoms with van der Waals surface area (Å²) in [5, 5.41) is 8.84. The number of ether oxygens (including phenoxy) is 1. The number of aromatic carboxylic acids is 1. The van der Waals surface area contributed by atoms with E-state index in [2.05, 4.69) is 9.72 Å². The van der Waals surface area contributed by atoms with Crippen LogP contribution >= 0.6 is 0 Å². The Morgan fingerprint density at radius 3 is 2.74 bits per heavy atom. The van der Waals surface area contributed by atoms with E-state index in [1.807, 2.05) is 4.72 Å².